The normalized spacial score (nSPS) is 11.2. The second kappa shape index (κ2) is 6.16. The lowest BCUT2D eigenvalue weighted by molar-refractivity contribution is 0.550. The van der Waals surface area contributed by atoms with Crippen LogP contribution in [0.3, 0.4) is 0 Å². The van der Waals surface area contributed by atoms with Gasteiger partial charge in [0.1, 0.15) is 21.6 Å². The van der Waals surface area contributed by atoms with Gasteiger partial charge in [-0.2, -0.15) is 0 Å². The molecule has 6 heteroatoms. The van der Waals surface area contributed by atoms with E-state index >= 15 is 0 Å². The predicted octanol–water partition coefficient (Wildman–Crippen LogP) is 3.23. The standard InChI is InChI=1S/C13H15F2N3S/c1-8(2)6-16-7-12-17-18-13(19-12)9-3-10(14)5-11(15)4-9/h3-5,8,16H,6-7H2,1-2H3. The maximum absolute atomic E-state index is 13.1. The topological polar surface area (TPSA) is 37.8 Å². The molecule has 1 aromatic carbocycles. The second-order valence-electron chi connectivity index (χ2n) is 4.68. The van der Waals surface area contributed by atoms with Gasteiger partial charge in [0, 0.05) is 18.2 Å². The van der Waals surface area contributed by atoms with Crippen molar-refractivity contribution in [2.24, 2.45) is 5.92 Å². The molecule has 0 radical (unpaired) electrons. The van der Waals surface area contributed by atoms with Crippen molar-refractivity contribution < 1.29 is 8.78 Å². The lowest BCUT2D eigenvalue weighted by Gasteiger charge is -2.03. The van der Waals surface area contributed by atoms with Crippen molar-refractivity contribution in [2.75, 3.05) is 6.54 Å². The van der Waals surface area contributed by atoms with Gasteiger partial charge in [-0.05, 0) is 24.6 Å². The summed E-state index contributed by atoms with van der Waals surface area (Å²) in [6.45, 7) is 5.75. The van der Waals surface area contributed by atoms with Crippen molar-refractivity contribution in [2.45, 2.75) is 20.4 Å². The fourth-order valence-corrected chi connectivity index (χ4v) is 2.38. The molecule has 0 atom stereocenters. The molecule has 0 aliphatic heterocycles. The average molecular weight is 283 g/mol. The number of rotatable bonds is 5. The minimum absolute atomic E-state index is 0.421. The van der Waals surface area contributed by atoms with Crippen molar-refractivity contribution >= 4 is 11.3 Å². The molecule has 1 N–H and O–H groups in total. The summed E-state index contributed by atoms with van der Waals surface area (Å²) in [5, 5.41) is 12.6. The summed E-state index contributed by atoms with van der Waals surface area (Å²) in [5.41, 5.74) is 0.421. The Balaban J connectivity index is 2.07. The van der Waals surface area contributed by atoms with Crippen molar-refractivity contribution in [3.63, 3.8) is 0 Å². The van der Waals surface area contributed by atoms with Crippen molar-refractivity contribution in [1.82, 2.24) is 15.5 Å². The number of nitrogens with one attached hydrogen (secondary N) is 1. The van der Waals surface area contributed by atoms with Crippen LogP contribution >= 0.6 is 11.3 Å². The Morgan fingerprint density at radius 1 is 1.16 bits per heavy atom. The first-order valence-corrected chi connectivity index (χ1v) is 6.86. The molecule has 2 rings (SSSR count). The molecule has 0 saturated heterocycles. The van der Waals surface area contributed by atoms with E-state index in [0.717, 1.165) is 17.6 Å². The van der Waals surface area contributed by atoms with E-state index in [4.69, 9.17) is 0 Å². The minimum atomic E-state index is -0.607. The van der Waals surface area contributed by atoms with Crippen LogP contribution in [0.15, 0.2) is 18.2 Å². The minimum Gasteiger partial charge on any atom is -0.310 e. The van der Waals surface area contributed by atoms with E-state index in [1.165, 1.54) is 23.5 Å². The van der Waals surface area contributed by atoms with Crippen molar-refractivity contribution in [3.05, 3.63) is 34.8 Å². The van der Waals surface area contributed by atoms with Gasteiger partial charge in [-0.1, -0.05) is 25.2 Å². The molecule has 0 spiro atoms. The molecule has 0 saturated carbocycles. The number of nitrogens with zero attached hydrogens (tertiary/aromatic N) is 2. The lowest BCUT2D eigenvalue weighted by Crippen LogP contribution is -2.18. The molecule has 19 heavy (non-hydrogen) atoms. The summed E-state index contributed by atoms with van der Waals surface area (Å²) in [5.74, 6) is -0.654. The Morgan fingerprint density at radius 2 is 1.84 bits per heavy atom. The van der Waals surface area contributed by atoms with E-state index in [9.17, 15) is 8.78 Å². The first kappa shape index (κ1) is 14.0. The first-order valence-electron chi connectivity index (χ1n) is 6.04. The summed E-state index contributed by atoms with van der Waals surface area (Å²) < 4.78 is 26.2. The zero-order valence-corrected chi connectivity index (χ0v) is 11.6. The highest BCUT2D eigenvalue weighted by atomic mass is 32.1. The van der Waals surface area contributed by atoms with E-state index in [-0.39, 0.29) is 0 Å². The summed E-state index contributed by atoms with van der Waals surface area (Å²) in [7, 11) is 0. The largest absolute Gasteiger partial charge is 0.310 e. The van der Waals surface area contributed by atoms with Gasteiger partial charge in [-0.25, -0.2) is 8.78 Å². The molecule has 0 unspecified atom stereocenters. The van der Waals surface area contributed by atoms with E-state index < -0.39 is 11.6 Å². The third-order valence-electron chi connectivity index (χ3n) is 2.41. The average Bonchev–Trinajstić information content (AvgIpc) is 2.76. The van der Waals surface area contributed by atoms with Crippen LogP contribution < -0.4 is 5.32 Å². The molecule has 0 bridgehead atoms. The number of aromatic nitrogens is 2. The number of benzene rings is 1. The molecular weight excluding hydrogens is 268 g/mol. The summed E-state index contributed by atoms with van der Waals surface area (Å²) in [6, 6.07) is 3.36. The fraction of sp³-hybridized carbons (Fsp3) is 0.385. The zero-order valence-electron chi connectivity index (χ0n) is 10.8. The van der Waals surface area contributed by atoms with Gasteiger partial charge in [0.05, 0.1) is 0 Å². The van der Waals surface area contributed by atoms with Crippen LogP contribution in [-0.4, -0.2) is 16.7 Å². The highest BCUT2D eigenvalue weighted by Gasteiger charge is 2.09. The SMILES string of the molecule is CC(C)CNCc1nnc(-c2cc(F)cc(F)c2)s1. The summed E-state index contributed by atoms with van der Waals surface area (Å²) >= 11 is 1.34. The van der Waals surface area contributed by atoms with Gasteiger partial charge in [-0.3, -0.25) is 0 Å². The molecule has 0 amide bonds. The number of hydrogen-bond acceptors (Lipinski definition) is 4. The molecular formula is C13H15F2N3S. The third-order valence-corrected chi connectivity index (χ3v) is 3.38. The molecule has 0 aliphatic rings. The molecule has 102 valence electrons. The van der Waals surface area contributed by atoms with Crippen LogP contribution in [0, 0.1) is 17.6 Å². The van der Waals surface area contributed by atoms with Gasteiger partial charge in [0.15, 0.2) is 0 Å². The highest BCUT2D eigenvalue weighted by molar-refractivity contribution is 7.14. The van der Waals surface area contributed by atoms with E-state index in [2.05, 4.69) is 29.4 Å². The van der Waals surface area contributed by atoms with E-state index in [0.29, 0.717) is 23.0 Å². The number of hydrogen-bond donors (Lipinski definition) is 1. The Bertz CT molecular complexity index is 534. The quantitative estimate of drug-likeness (QED) is 0.915. The summed E-state index contributed by atoms with van der Waals surface area (Å²) in [6.07, 6.45) is 0. The molecule has 3 nitrogen and oxygen atoms in total. The van der Waals surface area contributed by atoms with Crippen LogP contribution in [0.4, 0.5) is 8.78 Å². The van der Waals surface area contributed by atoms with Crippen LogP contribution in [0.5, 0.6) is 0 Å². The fourth-order valence-electron chi connectivity index (χ4n) is 1.59. The number of halogens is 2. The van der Waals surface area contributed by atoms with Crippen LogP contribution in [0.1, 0.15) is 18.9 Å². The van der Waals surface area contributed by atoms with Crippen LogP contribution in [0.25, 0.3) is 10.6 Å². The summed E-state index contributed by atoms with van der Waals surface area (Å²) in [4.78, 5) is 0. The Hall–Kier alpha value is -1.40. The van der Waals surface area contributed by atoms with Gasteiger partial charge in [-0.15, -0.1) is 10.2 Å². The monoisotopic (exact) mass is 283 g/mol. The Labute approximate surface area is 114 Å². The molecule has 1 heterocycles. The Morgan fingerprint density at radius 3 is 2.47 bits per heavy atom. The molecule has 0 fully saturated rings. The predicted molar refractivity (Wildman–Crippen MR) is 71.8 cm³/mol. The third kappa shape index (κ3) is 4.04. The van der Waals surface area contributed by atoms with Crippen LogP contribution in [-0.2, 0) is 6.54 Å². The second-order valence-corrected chi connectivity index (χ2v) is 5.75. The van der Waals surface area contributed by atoms with E-state index in [1.807, 2.05) is 0 Å². The van der Waals surface area contributed by atoms with Crippen molar-refractivity contribution in [3.8, 4) is 10.6 Å². The Kier molecular flexibility index (Phi) is 4.55. The van der Waals surface area contributed by atoms with Gasteiger partial charge < -0.3 is 5.32 Å². The van der Waals surface area contributed by atoms with E-state index in [1.54, 1.807) is 0 Å². The maximum Gasteiger partial charge on any atom is 0.148 e. The zero-order chi connectivity index (χ0) is 13.8. The highest BCUT2D eigenvalue weighted by Crippen LogP contribution is 2.25. The van der Waals surface area contributed by atoms with Crippen LogP contribution in [0.2, 0.25) is 0 Å². The lowest BCUT2D eigenvalue weighted by atomic mass is 10.2. The van der Waals surface area contributed by atoms with Gasteiger partial charge >= 0.3 is 0 Å². The first-order chi connectivity index (χ1) is 9.04. The smallest absolute Gasteiger partial charge is 0.148 e. The molecule has 1 aromatic heterocycles. The maximum atomic E-state index is 13.1. The van der Waals surface area contributed by atoms with Gasteiger partial charge in [0.25, 0.3) is 0 Å². The van der Waals surface area contributed by atoms with Gasteiger partial charge in [0.2, 0.25) is 0 Å². The molecule has 0 aliphatic carbocycles. The molecule has 2 aromatic rings. The van der Waals surface area contributed by atoms with Crippen molar-refractivity contribution in [1.29, 1.82) is 0 Å².